The molecule has 0 unspecified atom stereocenters. The fraction of sp³-hybridized carbons (Fsp3) is 0.360. The molecule has 5 nitrogen and oxygen atoms in total. The second kappa shape index (κ2) is 9.52. The van der Waals surface area contributed by atoms with Gasteiger partial charge in [-0.1, -0.05) is 24.3 Å². The van der Waals surface area contributed by atoms with E-state index in [9.17, 15) is 0 Å². The number of rotatable bonds is 8. The lowest BCUT2D eigenvalue weighted by Crippen LogP contribution is -2.31. The van der Waals surface area contributed by atoms with Gasteiger partial charge in [0.15, 0.2) is 5.11 Å². The Balaban J connectivity index is 1.57. The first kappa shape index (κ1) is 21.4. The van der Waals surface area contributed by atoms with Crippen LogP contribution in [-0.2, 0) is 6.54 Å². The van der Waals surface area contributed by atoms with Gasteiger partial charge in [-0.2, -0.15) is 0 Å². The Morgan fingerprint density at radius 1 is 1.10 bits per heavy atom. The molecule has 1 saturated heterocycles. The van der Waals surface area contributed by atoms with Crippen LogP contribution in [0.5, 0.6) is 0 Å². The molecular weight excluding hydrogens is 402 g/mol. The second-order valence-electron chi connectivity index (χ2n) is 8.04. The Morgan fingerprint density at radius 3 is 2.55 bits per heavy atom. The molecule has 0 radical (unpaired) electrons. The van der Waals surface area contributed by atoms with Crippen LogP contribution in [0.25, 0.3) is 0 Å². The minimum Gasteiger partial charge on any atom is -0.385 e. The van der Waals surface area contributed by atoms with E-state index < -0.39 is 0 Å². The van der Waals surface area contributed by atoms with Gasteiger partial charge in [-0.25, -0.2) is 0 Å². The van der Waals surface area contributed by atoms with Gasteiger partial charge in [-0.3, -0.25) is 4.98 Å². The van der Waals surface area contributed by atoms with Crippen LogP contribution in [0.1, 0.15) is 48.1 Å². The quantitative estimate of drug-likeness (QED) is 0.387. The van der Waals surface area contributed by atoms with Gasteiger partial charge in [0.25, 0.3) is 0 Å². The lowest BCUT2D eigenvalue weighted by molar-refractivity contribution is 0.315. The zero-order valence-corrected chi connectivity index (χ0v) is 19.3. The van der Waals surface area contributed by atoms with E-state index in [0.717, 1.165) is 42.5 Å². The molecule has 0 saturated carbocycles. The van der Waals surface area contributed by atoms with Gasteiger partial charge in [0.2, 0.25) is 0 Å². The third kappa shape index (κ3) is 4.44. The number of aryl methyl sites for hydroxylation is 1. The number of anilines is 1. The number of hydrogen-bond acceptors (Lipinski definition) is 3. The molecular formula is C25H31N5S. The lowest BCUT2D eigenvalue weighted by atomic mass is 9.96. The van der Waals surface area contributed by atoms with Crippen LogP contribution in [0.3, 0.4) is 0 Å². The highest BCUT2D eigenvalue weighted by molar-refractivity contribution is 7.80. The molecule has 1 aromatic carbocycles. The molecule has 6 heteroatoms. The molecule has 2 atom stereocenters. The highest BCUT2D eigenvalue weighted by atomic mass is 32.1. The number of hydrogen-bond donors (Lipinski definition) is 2. The zero-order valence-electron chi connectivity index (χ0n) is 18.5. The molecule has 0 bridgehead atoms. The molecule has 162 valence electrons. The monoisotopic (exact) mass is 433 g/mol. The Hall–Kier alpha value is -2.86. The first-order valence-electron chi connectivity index (χ1n) is 11.0. The predicted molar refractivity (Wildman–Crippen MR) is 131 cm³/mol. The van der Waals surface area contributed by atoms with Gasteiger partial charge in [-0.15, -0.1) is 0 Å². The van der Waals surface area contributed by atoms with Crippen molar-refractivity contribution in [2.45, 2.75) is 45.8 Å². The number of nitrogens with zero attached hydrogens (tertiary/aromatic N) is 3. The van der Waals surface area contributed by atoms with Gasteiger partial charge in [-0.05, 0) is 75.3 Å². The van der Waals surface area contributed by atoms with Gasteiger partial charge in [0.1, 0.15) is 0 Å². The van der Waals surface area contributed by atoms with E-state index in [4.69, 9.17) is 12.2 Å². The third-order valence-electron chi connectivity index (χ3n) is 6.12. The standard InChI is InChI=1S/C25H31N5S/c1-4-29-18(2)17-21(19(29)3)24-23(22-13-8-9-14-27-22)28-25(31)30(24)16-10-15-26-20-11-6-5-7-12-20/h5-9,11-14,17,23-24,26H,4,10,15-16H2,1-3H3,(H,28,31)/t23-,24-/m1/s1. The van der Waals surface area contributed by atoms with Gasteiger partial charge >= 0.3 is 0 Å². The lowest BCUT2D eigenvalue weighted by Gasteiger charge is -2.28. The van der Waals surface area contributed by atoms with Crippen molar-refractivity contribution in [3.63, 3.8) is 0 Å². The van der Waals surface area contributed by atoms with Crippen LogP contribution >= 0.6 is 12.2 Å². The fourth-order valence-corrected chi connectivity index (χ4v) is 4.97. The Labute approximate surface area is 190 Å². The summed E-state index contributed by atoms with van der Waals surface area (Å²) in [5.41, 5.74) is 6.11. The summed E-state index contributed by atoms with van der Waals surface area (Å²) >= 11 is 5.81. The van der Waals surface area contributed by atoms with Crippen LogP contribution in [0, 0.1) is 13.8 Å². The molecule has 0 spiro atoms. The summed E-state index contributed by atoms with van der Waals surface area (Å²) in [6, 6.07) is 18.9. The number of thiocarbonyl (C=S) groups is 1. The zero-order chi connectivity index (χ0) is 21.8. The third-order valence-corrected chi connectivity index (χ3v) is 6.48. The van der Waals surface area contributed by atoms with Gasteiger partial charge in [0, 0.05) is 42.9 Å². The van der Waals surface area contributed by atoms with E-state index >= 15 is 0 Å². The largest absolute Gasteiger partial charge is 0.385 e. The minimum absolute atomic E-state index is 0.0431. The number of pyridine rings is 1. The van der Waals surface area contributed by atoms with Crippen LogP contribution < -0.4 is 10.6 Å². The molecule has 0 aliphatic carbocycles. The molecule has 3 aromatic rings. The minimum atomic E-state index is 0.0431. The van der Waals surface area contributed by atoms with Crippen LogP contribution in [0.4, 0.5) is 5.69 Å². The van der Waals surface area contributed by atoms with Crippen LogP contribution in [-0.4, -0.2) is 32.7 Å². The fourth-order valence-electron chi connectivity index (χ4n) is 4.64. The molecule has 2 aromatic heterocycles. The van der Waals surface area contributed by atoms with Crippen molar-refractivity contribution in [3.05, 3.63) is 83.4 Å². The van der Waals surface area contributed by atoms with Gasteiger partial charge < -0.3 is 20.1 Å². The summed E-state index contributed by atoms with van der Waals surface area (Å²) in [5.74, 6) is 0. The van der Waals surface area contributed by atoms with E-state index in [2.05, 4.69) is 82.3 Å². The molecule has 0 amide bonds. The smallest absolute Gasteiger partial charge is 0.170 e. The highest BCUT2D eigenvalue weighted by Gasteiger charge is 2.40. The van der Waals surface area contributed by atoms with Crippen molar-refractivity contribution in [1.29, 1.82) is 0 Å². The van der Waals surface area contributed by atoms with E-state index in [1.54, 1.807) is 0 Å². The molecule has 1 aliphatic rings. The highest BCUT2D eigenvalue weighted by Crippen LogP contribution is 2.40. The maximum absolute atomic E-state index is 5.81. The topological polar surface area (TPSA) is 45.1 Å². The molecule has 1 aliphatic heterocycles. The summed E-state index contributed by atoms with van der Waals surface area (Å²) in [5, 5.41) is 7.88. The molecule has 4 rings (SSSR count). The van der Waals surface area contributed by atoms with Crippen LogP contribution in [0.2, 0.25) is 0 Å². The van der Waals surface area contributed by atoms with Crippen molar-refractivity contribution in [2.75, 3.05) is 18.4 Å². The maximum Gasteiger partial charge on any atom is 0.170 e. The van der Waals surface area contributed by atoms with E-state index in [0.29, 0.717) is 0 Å². The van der Waals surface area contributed by atoms with Crippen molar-refractivity contribution < 1.29 is 0 Å². The maximum atomic E-state index is 5.81. The first-order valence-corrected chi connectivity index (χ1v) is 11.4. The summed E-state index contributed by atoms with van der Waals surface area (Å²) < 4.78 is 2.38. The van der Waals surface area contributed by atoms with E-state index in [1.165, 1.54) is 17.0 Å². The first-order chi connectivity index (χ1) is 15.1. The normalized spacial score (nSPS) is 18.3. The summed E-state index contributed by atoms with van der Waals surface area (Å²) in [6.07, 6.45) is 2.85. The summed E-state index contributed by atoms with van der Waals surface area (Å²) in [6.45, 7) is 9.36. The number of nitrogens with one attached hydrogen (secondary N) is 2. The molecule has 3 heterocycles. The second-order valence-corrected chi connectivity index (χ2v) is 8.42. The van der Waals surface area contributed by atoms with Crippen molar-refractivity contribution in [3.8, 4) is 0 Å². The van der Waals surface area contributed by atoms with E-state index in [1.807, 2.05) is 24.4 Å². The Kier molecular flexibility index (Phi) is 6.56. The molecule has 31 heavy (non-hydrogen) atoms. The number of aromatic nitrogens is 2. The number of para-hydroxylation sites is 1. The average molecular weight is 434 g/mol. The van der Waals surface area contributed by atoms with Crippen LogP contribution in [0.15, 0.2) is 60.8 Å². The van der Waals surface area contributed by atoms with E-state index in [-0.39, 0.29) is 12.1 Å². The number of benzene rings is 1. The molecule has 2 N–H and O–H groups in total. The average Bonchev–Trinajstić information content (AvgIpc) is 3.27. The predicted octanol–water partition coefficient (Wildman–Crippen LogP) is 4.99. The SMILES string of the molecule is CCn1c(C)cc([C@@H]2[C@@H](c3ccccn3)NC(=S)N2CCCNc2ccccc2)c1C. The molecule has 1 fully saturated rings. The van der Waals surface area contributed by atoms with Gasteiger partial charge in [0.05, 0.1) is 17.8 Å². The summed E-state index contributed by atoms with van der Waals surface area (Å²) in [7, 11) is 0. The Morgan fingerprint density at radius 2 is 1.87 bits per heavy atom. The Bertz CT molecular complexity index is 1020. The van der Waals surface area contributed by atoms with Crippen molar-refractivity contribution >= 4 is 23.0 Å². The van der Waals surface area contributed by atoms with Crippen molar-refractivity contribution in [1.82, 2.24) is 19.8 Å². The summed E-state index contributed by atoms with van der Waals surface area (Å²) in [4.78, 5) is 7.00. The van der Waals surface area contributed by atoms with Crippen molar-refractivity contribution in [2.24, 2.45) is 0 Å².